The molecule has 0 saturated heterocycles. The Morgan fingerprint density at radius 1 is 1.12 bits per heavy atom. The van der Waals surface area contributed by atoms with Gasteiger partial charge in [-0.2, -0.15) is 0 Å². The minimum Gasteiger partial charge on any atom is -0.465 e. The van der Waals surface area contributed by atoms with Gasteiger partial charge in [0.1, 0.15) is 5.82 Å². The quantitative estimate of drug-likeness (QED) is 0.849. The van der Waals surface area contributed by atoms with E-state index in [1.54, 1.807) is 0 Å². The molecule has 0 atom stereocenters. The van der Waals surface area contributed by atoms with Crippen molar-refractivity contribution in [2.45, 2.75) is 26.7 Å². The fourth-order valence-electron chi connectivity index (χ4n) is 2.45. The van der Waals surface area contributed by atoms with Crippen molar-refractivity contribution < 1.29 is 18.7 Å². The van der Waals surface area contributed by atoms with E-state index in [4.69, 9.17) is 0 Å². The molecule has 4 nitrogen and oxygen atoms in total. The predicted octanol–water partition coefficient (Wildman–Crippen LogP) is 3.80. The number of esters is 1. The molecule has 0 aromatic heterocycles. The molecule has 5 heteroatoms. The van der Waals surface area contributed by atoms with Gasteiger partial charge in [0.05, 0.1) is 18.4 Å². The number of benzene rings is 2. The second kappa shape index (κ2) is 7.73. The van der Waals surface area contributed by atoms with Crippen LogP contribution in [0.3, 0.4) is 0 Å². The fraction of sp³-hybridized carbons (Fsp3) is 0.263. The first kappa shape index (κ1) is 17.7. The predicted molar refractivity (Wildman–Crippen MR) is 90.6 cm³/mol. The molecule has 1 amide bonds. The monoisotopic (exact) mass is 329 g/mol. The third-order valence-electron chi connectivity index (χ3n) is 3.78. The van der Waals surface area contributed by atoms with Crippen LogP contribution in [0.15, 0.2) is 36.4 Å². The van der Waals surface area contributed by atoms with Crippen LogP contribution < -0.4 is 5.32 Å². The number of hydrogen-bond acceptors (Lipinski definition) is 3. The number of nitrogens with one attached hydrogen (secondary N) is 1. The molecule has 0 aliphatic carbocycles. The van der Waals surface area contributed by atoms with Gasteiger partial charge >= 0.3 is 5.97 Å². The first-order valence-electron chi connectivity index (χ1n) is 7.64. The highest BCUT2D eigenvalue weighted by atomic mass is 19.1. The number of ether oxygens (including phenoxy) is 1. The Kier molecular flexibility index (Phi) is 5.68. The topological polar surface area (TPSA) is 55.4 Å². The van der Waals surface area contributed by atoms with Crippen molar-refractivity contribution in [1.82, 2.24) is 0 Å². The summed E-state index contributed by atoms with van der Waals surface area (Å²) in [6.45, 7) is 4.01. The lowest BCUT2D eigenvalue weighted by molar-refractivity contribution is -0.116. The zero-order chi connectivity index (χ0) is 17.7. The molecule has 0 fully saturated rings. The third-order valence-corrected chi connectivity index (χ3v) is 3.78. The molecule has 0 aliphatic heterocycles. The normalized spacial score (nSPS) is 10.3. The molecule has 0 bridgehead atoms. The molecular weight excluding hydrogens is 309 g/mol. The maximum atomic E-state index is 13.8. The van der Waals surface area contributed by atoms with Crippen LogP contribution in [0.25, 0.3) is 0 Å². The van der Waals surface area contributed by atoms with Gasteiger partial charge in [-0.1, -0.05) is 23.8 Å². The number of carbonyl (C=O) groups is 2. The van der Waals surface area contributed by atoms with Crippen LogP contribution in [0.1, 0.15) is 33.5 Å². The van der Waals surface area contributed by atoms with Crippen molar-refractivity contribution in [3.05, 3.63) is 64.5 Å². The van der Waals surface area contributed by atoms with Gasteiger partial charge in [-0.15, -0.1) is 0 Å². The number of methoxy groups -OCH3 is 1. The summed E-state index contributed by atoms with van der Waals surface area (Å²) >= 11 is 0. The van der Waals surface area contributed by atoms with Gasteiger partial charge in [-0.05, 0) is 49.6 Å². The minimum atomic E-state index is -0.595. The minimum absolute atomic E-state index is 0.0245. The molecule has 24 heavy (non-hydrogen) atoms. The Morgan fingerprint density at radius 3 is 2.54 bits per heavy atom. The van der Waals surface area contributed by atoms with Crippen LogP contribution in [-0.4, -0.2) is 19.0 Å². The van der Waals surface area contributed by atoms with Gasteiger partial charge in [0, 0.05) is 6.42 Å². The average molecular weight is 329 g/mol. The molecule has 0 aliphatic rings. The van der Waals surface area contributed by atoms with E-state index in [9.17, 15) is 14.0 Å². The Bertz CT molecular complexity index is 771. The van der Waals surface area contributed by atoms with Gasteiger partial charge in [0.25, 0.3) is 0 Å². The zero-order valence-corrected chi connectivity index (χ0v) is 14.0. The van der Waals surface area contributed by atoms with E-state index in [2.05, 4.69) is 16.1 Å². The van der Waals surface area contributed by atoms with Crippen molar-refractivity contribution >= 4 is 17.6 Å². The summed E-state index contributed by atoms with van der Waals surface area (Å²) in [7, 11) is 1.24. The molecule has 0 heterocycles. The number of halogens is 1. The number of amides is 1. The van der Waals surface area contributed by atoms with Gasteiger partial charge in [0.2, 0.25) is 5.91 Å². The van der Waals surface area contributed by atoms with E-state index in [-0.39, 0.29) is 23.6 Å². The van der Waals surface area contributed by atoms with E-state index in [0.29, 0.717) is 6.42 Å². The number of hydrogen-bond donors (Lipinski definition) is 1. The lowest BCUT2D eigenvalue weighted by Gasteiger charge is -2.09. The van der Waals surface area contributed by atoms with E-state index in [1.807, 2.05) is 26.0 Å². The summed E-state index contributed by atoms with van der Waals surface area (Å²) in [5.74, 6) is -1.49. The lowest BCUT2D eigenvalue weighted by Crippen LogP contribution is -2.14. The summed E-state index contributed by atoms with van der Waals surface area (Å²) < 4.78 is 18.4. The van der Waals surface area contributed by atoms with Crippen LogP contribution in [0.4, 0.5) is 10.1 Å². The molecule has 1 N–H and O–H groups in total. The molecule has 2 rings (SSSR count). The number of rotatable bonds is 5. The average Bonchev–Trinajstić information content (AvgIpc) is 2.55. The SMILES string of the molecule is COC(=O)c1ccc(F)c(NC(=O)CCc2ccc(C)cc2C)c1. The van der Waals surface area contributed by atoms with Crippen LogP contribution in [0.2, 0.25) is 0 Å². The molecule has 2 aromatic carbocycles. The van der Waals surface area contributed by atoms with E-state index >= 15 is 0 Å². The summed E-state index contributed by atoms with van der Waals surface area (Å²) in [5, 5.41) is 2.51. The largest absolute Gasteiger partial charge is 0.465 e. The van der Waals surface area contributed by atoms with Gasteiger partial charge < -0.3 is 10.1 Å². The summed E-state index contributed by atoms with van der Waals surface area (Å²) in [4.78, 5) is 23.6. The van der Waals surface area contributed by atoms with Crippen LogP contribution in [0, 0.1) is 19.7 Å². The van der Waals surface area contributed by atoms with Crippen molar-refractivity contribution in [2.24, 2.45) is 0 Å². The number of carbonyl (C=O) groups excluding carboxylic acids is 2. The summed E-state index contributed by atoms with van der Waals surface area (Å²) in [6.07, 6.45) is 0.794. The molecule has 126 valence electrons. The van der Waals surface area contributed by atoms with Crippen molar-refractivity contribution in [3.63, 3.8) is 0 Å². The van der Waals surface area contributed by atoms with Crippen LogP contribution in [-0.2, 0) is 16.0 Å². The van der Waals surface area contributed by atoms with Crippen molar-refractivity contribution in [2.75, 3.05) is 12.4 Å². The Morgan fingerprint density at radius 2 is 1.88 bits per heavy atom. The molecule has 0 saturated carbocycles. The summed E-state index contributed by atoms with van der Waals surface area (Å²) in [6, 6.07) is 9.78. The molecule has 0 radical (unpaired) electrons. The third kappa shape index (κ3) is 4.41. The first-order chi connectivity index (χ1) is 11.4. The number of anilines is 1. The highest BCUT2D eigenvalue weighted by Gasteiger charge is 2.12. The molecule has 2 aromatic rings. The lowest BCUT2D eigenvalue weighted by atomic mass is 10.0. The van der Waals surface area contributed by atoms with Crippen LogP contribution >= 0.6 is 0 Å². The zero-order valence-electron chi connectivity index (χ0n) is 14.0. The standard InChI is InChI=1S/C19H20FNO3/c1-12-4-5-14(13(2)10-12)7-9-18(22)21-17-11-15(19(23)24-3)6-8-16(17)20/h4-6,8,10-11H,7,9H2,1-3H3,(H,21,22). The van der Waals surface area contributed by atoms with Gasteiger partial charge in [-0.3, -0.25) is 4.79 Å². The van der Waals surface area contributed by atoms with E-state index in [0.717, 1.165) is 17.2 Å². The maximum absolute atomic E-state index is 13.8. The van der Waals surface area contributed by atoms with E-state index < -0.39 is 11.8 Å². The molecule has 0 unspecified atom stereocenters. The Hall–Kier alpha value is -2.69. The Balaban J connectivity index is 2.03. The summed E-state index contributed by atoms with van der Waals surface area (Å²) in [5.41, 5.74) is 3.54. The second-order valence-corrected chi connectivity index (χ2v) is 5.66. The van der Waals surface area contributed by atoms with Crippen LogP contribution in [0.5, 0.6) is 0 Å². The number of aryl methyl sites for hydroxylation is 3. The van der Waals surface area contributed by atoms with Crippen molar-refractivity contribution in [3.8, 4) is 0 Å². The fourth-order valence-corrected chi connectivity index (χ4v) is 2.45. The van der Waals surface area contributed by atoms with Gasteiger partial charge in [0.15, 0.2) is 0 Å². The second-order valence-electron chi connectivity index (χ2n) is 5.66. The Labute approximate surface area is 140 Å². The molecular formula is C19H20FNO3. The smallest absolute Gasteiger partial charge is 0.337 e. The highest BCUT2D eigenvalue weighted by molar-refractivity contribution is 5.94. The first-order valence-corrected chi connectivity index (χ1v) is 7.64. The maximum Gasteiger partial charge on any atom is 0.337 e. The van der Waals surface area contributed by atoms with E-state index in [1.165, 1.54) is 24.8 Å². The molecule has 0 spiro atoms. The van der Waals surface area contributed by atoms with Crippen molar-refractivity contribution in [1.29, 1.82) is 0 Å². The highest BCUT2D eigenvalue weighted by Crippen LogP contribution is 2.18. The van der Waals surface area contributed by atoms with Gasteiger partial charge in [-0.25, -0.2) is 9.18 Å².